The van der Waals surface area contributed by atoms with Crippen LogP contribution in [0, 0.1) is 0 Å². The van der Waals surface area contributed by atoms with E-state index < -0.39 is 0 Å². The lowest BCUT2D eigenvalue weighted by Gasteiger charge is -2.42. The van der Waals surface area contributed by atoms with Crippen LogP contribution in [0.3, 0.4) is 0 Å². The van der Waals surface area contributed by atoms with Crippen molar-refractivity contribution in [2.75, 3.05) is 57.4 Å². The van der Waals surface area contributed by atoms with Gasteiger partial charge in [0.1, 0.15) is 0 Å². The quantitative estimate of drug-likeness (QED) is 0.336. The SMILES string of the molecule is CCNC(=NCC1(N2CCOCC2)CCSC1)NCCc1ccccn1.I. The minimum Gasteiger partial charge on any atom is -0.379 e. The highest BCUT2D eigenvalue weighted by molar-refractivity contribution is 14.0. The van der Waals surface area contributed by atoms with Gasteiger partial charge in [-0.15, -0.1) is 24.0 Å². The molecule has 0 radical (unpaired) electrons. The van der Waals surface area contributed by atoms with Crippen LogP contribution < -0.4 is 10.6 Å². The van der Waals surface area contributed by atoms with E-state index in [4.69, 9.17) is 9.73 Å². The summed E-state index contributed by atoms with van der Waals surface area (Å²) in [6.07, 6.45) is 3.96. The monoisotopic (exact) mass is 505 g/mol. The number of thioether (sulfide) groups is 1. The Morgan fingerprint density at radius 1 is 1.33 bits per heavy atom. The van der Waals surface area contributed by atoms with Gasteiger partial charge in [-0.05, 0) is 31.2 Å². The molecule has 8 heteroatoms. The Bertz CT molecular complexity index is 562. The molecule has 1 aromatic rings. The van der Waals surface area contributed by atoms with E-state index in [1.165, 1.54) is 17.9 Å². The van der Waals surface area contributed by atoms with Crippen molar-refractivity contribution in [3.63, 3.8) is 0 Å². The lowest BCUT2D eigenvalue weighted by molar-refractivity contribution is -0.0104. The fourth-order valence-electron chi connectivity index (χ4n) is 3.53. The average molecular weight is 505 g/mol. The van der Waals surface area contributed by atoms with E-state index in [1.54, 1.807) is 0 Å². The van der Waals surface area contributed by atoms with Crippen molar-refractivity contribution in [1.29, 1.82) is 0 Å². The van der Waals surface area contributed by atoms with E-state index >= 15 is 0 Å². The molecule has 0 aromatic carbocycles. The molecule has 2 saturated heterocycles. The number of rotatable bonds is 7. The smallest absolute Gasteiger partial charge is 0.191 e. The van der Waals surface area contributed by atoms with Crippen LogP contribution in [0.2, 0.25) is 0 Å². The summed E-state index contributed by atoms with van der Waals surface area (Å²) >= 11 is 2.05. The maximum atomic E-state index is 5.55. The minimum absolute atomic E-state index is 0. The Balaban J connectivity index is 0.00000261. The minimum atomic E-state index is 0. The first-order chi connectivity index (χ1) is 12.8. The van der Waals surface area contributed by atoms with E-state index in [0.29, 0.717) is 0 Å². The van der Waals surface area contributed by atoms with Crippen molar-refractivity contribution in [1.82, 2.24) is 20.5 Å². The van der Waals surface area contributed by atoms with Crippen molar-refractivity contribution < 1.29 is 4.74 Å². The van der Waals surface area contributed by atoms with E-state index in [1.807, 2.05) is 18.3 Å². The highest BCUT2D eigenvalue weighted by atomic mass is 127. The van der Waals surface area contributed by atoms with Gasteiger partial charge in [0, 0.05) is 50.2 Å². The second kappa shape index (κ2) is 12.1. The maximum absolute atomic E-state index is 5.55. The fourth-order valence-corrected chi connectivity index (χ4v) is 5.00. The van der Waals surface area contributed by atoms with E-state index in [2.05, 4.69) is 45.3 Å². The molecule has 0 bridgehead atoms. The number of halogens is 1. The van der Waals surface area contributed by atoms with Crippen LogP contribution in [-0.2, 0) is 11.2 Å². The summed E-state index contributed by atoms with van der Waals surface area (Å²) in [7, 11) is 0. The van der Waals surface area contributed by atoms with Gasteiger partial charge < -0.3 is 15.4 Å². The molecule has 6 nitrogen and oxygen atoms in total. The maximum Gasteiger partial charge on any atom is 0.191 e. The van der Waals surface area contributed by atoms with Crippen molar-refractivity contribution in [3.05, 3.63) is 30.1 Å². The molecule has 2 aliphatic rings. The van der Waals surface area contributed by atoms with Crippen LogP contribution >= 0.6 is 35.7 Å². The summed E-state index contributed by atoms with van der Waals surface area (Å²) in [5, 5.41) is 6.84. The highest BCUT2D eigenvalue weighted by Crippen LogP contribution is 2.34. The van der Waals surface area contributed by atoms with Crippen molar-refractivity contribution in [3.8, 4) is 0 Å². The van der Waals surface area contributed by atoms with Crippen LogP contribution in [0.1, 0.15) is 19.0 Å². The molecule has 2 fully saturated rings. The third-order valence-corrected chi connectivity index (χ3v) is 6.27. The lowest BCUT2D eigenvalue weighted by atomic mass is 9.96. The Hall–Kier alpha value is -0.580. The van der Waals surface area contributed by atoms with E-state index in [0.717, 1.165) is 64.0 Å². The molecule has 0 spiro atoms. The van der Waals surface area contributed by atoms with Gasteiger partial charge in [0.25, 0.3) is 0 Å². The van der Waals surface area contributed by atoms with Gasteiger partial charge in [-0.1, -0.05) is 6.07 Å². The van der Waals surface area contributed by atoms with Gasteiger partial charge in [0.15, 0.2) is 5.96 Å². The van der Waals surface area contributed by atoms with Gasteiger partial charge in [-0.3, -0.25) is 14.9 Å². The first-order valence-electron chi connectivity index (χ1n) is 9.65. The summed E-state index contributed by atoms with van der Waals surface area (Å²) in [6, 6.07) is 6.05. The Kier molecular flexibility index (Phi) is 10.2. The largest absolute Gasteiger partial charge is 0.379 e. The number of ether oxygens (including phenoxy) is 1. The van der Waals surface area contributed by atoms with Crippen LogP contribution in [0.4, 0.5) is 0 Å². The highest BCUT2D eigenvalue weighted by Gasteiger charge is 2.40. The third kappa shape index (κ3) is 6.76. The van der Waals surface area contributed by atoms with Crippen molar-refractivity contribution in [2.24, 2.45) is 4.99 Å². The average Bonchev–Trinajstić information content (AvgIpc) is 3.18. The van der Waals surface area contributed by atoms with E-state index in [9.17, 15) is 0 Å². The molecule has 27 heavy (non-hydrogen) atoms. The molecule has 0 aliphatic carbocycles. The molecule has 2 aliphatic heterocycles. The topological polar surface area (TPSA) is 61.8 Å². The first kappa shape index (κ1) is 22.7. The Morgan fingerprint density at radius 2 is 2.19 bits per heavy atom. The number of aromatic nitrogens is 1. The second-order valence-corrected chi connectivity index (χ2v) is 7.92. The zero-order chi connectivity index (χ0) is 18.1. The molecule has 152 valence electrons. The lowest BCUT2D eigenvalue weighted by Crippen LogP contribution is -2.56. The number of hydrogen-bond donors (Lipinski definition) is 2. The zero-order valence-electron chi connectivity index (χ0n) is 16.2. The molecule has 0 amide bonds. The molecule has 0 saturated carbocycles. The fraction of sp³-hybridized carbons (Fsp3) is 0.684. The normalized spacial score (nSPS) is 23.7. The number of nitrogens with one attached hydrogen (secondary N) is 2. The molecule has 3 heterocycles. The van der Waals surface area contributed by atoms with Gasteiger partial charge in [0.2, 0.25) is 0 Å². The summed E-state index contributed by atoms with van der Waals surface area (Å²) in [5.74, 6) is 3.31. The van der Waals surface area contributed by atoms with Gasteiger partial charge >= 0.3 is 0 Å². The Morgan fingerprint density at radius 3 is 2.85 bits per heavy atom. The predicted molar refractivity (Wildman–Crippen MR) is 124 cm³/mol. The summed E-state index contributed by atoms with van der Waals surface area (Å²) in [4.78, 5) is 11.9. The molecular weight excluding hydrogens is 473 g/mol. The van der Waals surface area contributed by atoms with Crippen molar-refractivity contribution in [2.45, 2.75) is 25.3 Å². The Labute approximate surface area is 184 Å². The van der Waals surface area contributed by atoms with Crippen LogP contribution in [-0.4, -0.2) is 78.8 Å². The number of nitrogens with zero attached hydrogens (tertiary/aromatic N) is 3. The third-order valence-electron chi connectivity index (χ3n) is 5.04. The zero-order valence-corrected chi connectivity index (χ0v) is 19.3. The summed E-state index contributed by atoms with van der Waals surface area (Å²) < 4.78 is 5.55. The second-order valence-electron chi connectivity index (χ2n) is 6.82. The summed E-state index contributed by atoms with van der Waals surface area (Å²) in [5.41, 5.74) is 1.30. The standard InChI is InChI=1S/C19H31N5OS.HI/c1-2-20-18(22-9-6-17-5-3-4-8-21-17)23-15-19(7-14-26-16-19)24-10-12-25-13-11-24;/h3-5,8H,2,6-7,9-16H2,1H3,(H2,20,22,23);1H. The number of guanidine groups is 1. The molecule has 1 aromatic heterocycles. The van der Waals surface area contributed by atoms with Crippen LogP contribution in [0.15, 0.2) is 29.4 Å². The number of aliphatic imine (C=N–C) groups is 1. The van der Waals surface area contributed by atoms with Gasteiger partial charge in [-0.2, -0.15) is 11.8 Å². The molecule has 1 unspecified atom stereocenters. The van der Waals surface area contributed by atoms with Gasteiger partial charge in [-0.25, -0.2) is 0 Å². The predicted octanol–water partition coefficient (Wildman–Crippen LogP) is 2.01. The van der Waals surface area contributed by atoms with Crippen LogP contribution in [0.25, 0.3) is 0 Å². The van der Waals surface area contributed by atoms with Crippen LogP contribution in [0.5, 0.6) is 0 Å². The molecule has 1 atom stereocenters. The summed E-state index contributed by atoms with van der Waals surface area (Å²) in [6.45, 7) is 8.41. The number of hydrogen-bond acceptors (Lipinski definition) is 5. The molecule has 2 N–H and O–H groups in total. The first-order valence-corrected chi connectivity index (χ1v) is 10.8. The molecule has 3 rings (SSSR count). The van der Waals surface area contributed by atoms with E-state index in [-0.39, 0.29) is 29.5 Å². The van der Waals surface area contributed by atoms with Gasteiger partial charge in [0.05, 0.1) is 25.3 Å². The number of morpholine rings is 1. The number of pyridine rings is 1. The van der Waals surface area contributed by atoms with Crippen molar-refractivity contribution >= 4 is 41.7 Å². The molecular formula is C19H32IN5OS.